The maximum absolute atomic E-state index is 12.3. The highest BCUT2D eigenvalue weighted by molar-refractivity contribution is 5.81. The van der Waals surface area contributed by atoms with Gasteiger partial charge in [0, 0.05) is 19.1 Å². The number of likely N-dealkylation sites (tertiary alicyclic amines) is 1. The molecule has 112 valence electrons. The van der Waals surface area contributed by atoms with Gasteiger partial charge in [-0.25, -0.2) is 0 Å². The SMILES string of the molecule is CCCCCCC(C)NC(C)C(=O)N1CCCCC1. The van der Waals surface area contributed by atoms with Crippen molar-refractivity contribution in [3.63, 3.8) is 0 Å². The van der Waals surface area contributed by atoms with Gasteiger partial charge in [-0.2, -0.15) is 0 Å². The minimum Gasteiger partial charge on any atom is -0.341 e. The molecular weight excluding hydrogens is 236 g/mol. The Morgan fingerprint density at radius 2 is 1.79 bits per heavy atom. The van der Waals surface area contributed by atoms with Crippen LogP contribution in [0.2, 0.25) is 0 Å². The van der Waals surface area contributed by atoms with Crippen molar-refractivity contribution in [2.24, 2.45) is 0 Å². The highest BCUT2D eigenvalue weighted by atomic mass is 16.2. The van der Waals surface area contributed by atoms with E-state index in [1.165, 1.54) is 51.4 Å². The van der Waals surface area contributed by atoms with Crippen LogP contribution in [-0.4, -0.2) is 36.0 Å². The van der Waals surface area contributed by atoms with Gasteiger partial charge in [-0.05, 0) is 39.5 Å². The number of amides is 1. The maximum Gasteiger partial charge on any atom is 0.239 e. The fraction of sp³-hybridized carbons (Fsp3) is 0.938. The zero-order chi connectivity index (χ0) is 14.1. The summed E-state index contributed by atoms with van der Waals surface area (Å²) in [7, 11) is 0. The smallest absolute Gasteiger partial charge is 0.239 e. The summed E-state index contributed by atoms with van der Waals surface area (Å²) in [5.74, 6) is 0.292. The van der Waals surface area contributed by atoms with E-state index < -0.39 is 0 Å². The lowest BCUT2D eigenvalue weighted by atomic mass is 10.1. The van der Waals surface area contributed by atoms with E-state index in [9.17, 15) is 4.79 Å². The number of hydrogen-bond acceptors (Lipinski definition) is 2. The van der Waals surface area contributed by atoms with Gasteiger partial charge in [0.05, 0.1) is 6.04 Å². The largest absolute Gasteiger partial charge is 0.341 e. The van der Waals surface area contributed by atoms with E-state index in [4.69, 9.17) is 0 Å². The summed E-state index contributed by atoms with van der Waals surface area (Å²) >= 11 is 0. The van der Waals surface area contributed by atoms with E-state index in [-0.39, 0.29) is 6.04 Å². The summed E-state index contributed by atoms with van der Waals surface area (Å²) in [6.45, 7) is 8.36. The minimum absolute atomic E-state index is 0.0284. The van der Waals surface area contributed by atoms with E-state index in [1.54, 1.807) is 0 Å². The summed E-state index contributed by atoms with van der Waals surface area (Å²) in [5, 5.41) is 3.46. The van der Waals surface area contributed by atoms with Crippen LogP contribution in [0.25, 0.3) is 0 Å². The van der Waals surface area contributed by atoms with Gasteiger partial charge in [0.25, 0.3) is 0 Å². The lowest BCUT2D eigenvalue weighted by Crippen LogP contribution is -2.49. The van der Waals surface area contributed by atoms with Crippen molar-refractivity contribution in [2.45, 2.75) is 84.2 Å². The van der Waals surface area contributed by atoms with E-state index in [0.717, 1.165) is 13.1 Å². The number of carbonyl (C=O) groups is 1. The van der Waals surface area contributed by atoms with Gasteiger partial charge in [-0.15, -0.1) is 0 Å². The number of hydrogen-bond donors (Lipinski definition) is 1. The molecule has 0 saturated carbocycles. The lowest BCUT2D eigenvalue weighted by Gasteiger charge is -2.30. The molecule has 3 heteroatoms. The Labute approximate surface area is 119 Å². The molecule has 19 heavy (non-hydrogen) atoms. The molecule has 2 atom stereocenters. The topological polar surface area (TPSA) is 32.3 Å². The average molecular weight is 268 g/mol. The second-order valence-electron chi connectivity index (χ2n) is 6.02. The third-order valence-corrected chi connectivity index (χ3v) is 4.06. The fourth-order valence-corrected chi connectivity index (χ4v) is 2.85. The molecule has 1 aliphatic rings. The molecule has 0 aromatic heterocycles. The van der Waals surface area contributed by atoms with Crippen molar-refractivity contribution in [2.75, 3.05) is 13.1 Å². The molecule has 1 N–H and O–H groups in total. The molecule has 1 amide bonds. The molecule has 1 fully saturated rings. The number of carbonyl (C=O) groups excluding carboxylic acids is 1. The van der Waals surface area contributed by atoms with E-state index >= 15 is 0 Å². The Bertz CT molecular complexity index is 249. The summed E-state index contributed by atoms with van der Waals surface area (Å²) in [6, 6.07) is 0.417. The van der Waals surface area contributed by atoms with Gasteiger partial charge in [-0.3, -0.25) is 4.79 Å². The average Bonchev–Trinajstić information content (AvgIpc) is 2.43. The Kier molecular flexibility index (Phi) is 8.11. The molecule has 0 aromatic carbocycles. The van der Waals surface area contributed by atoms with Crippen LogP contribution < -0.4 is 5.32 Å². The van der Waals surface area contributed by atoms with Crippen LogP contribution in [0.15, 0.2) is 0 Å². The van der Waals surface area contributed by atoms with Crippen LogP contribution in [0.4, 0.5) is 0 Å². The van der Waals surface area contributed by atoms with E-state index in [1.807, 2.05) is 11.8 Å². The van der Waals surface area contributed by atoms with Crippen LogP contribution in [0.1, 0.15) is 72.1 Å². The van der Waals surface area contributed by atoms with Crippen LogP contribution in [0.5, 0.6) is 0 Å². The van der Waals surface area contributed by atoms with E-state index in [2.05, 4.69) is 19.2 Å². The first kappa shape index (κ1) is 16.5. The molecule has 0 bridgehead atoms. The first-order valence-electron chi connectivity index (χ1n) is 8.20. The van der Waals surface area contributed by atoms with Crippen LogP contribution >= 0.6 is 0 Å². The van der Waals surface area contributed by atoms with Gasteiger partial charge < -0.3 is 10.2 Å². The molecule has 0 aromatic rings. The maximum atomic E-state index is 12.3. The van der Waals surface area contributed by atoms with Crippen molar-refractivity contribution in [3.8, 4) is 0 Å². The highest BCUT2D eigenvalue weighted by Crippen LogP contribution is 2.11. The monoisotopic (exact) mass is 268 g/mol. The molecule has 0 spiro atoms. The third kappa shape index (κ3) is 6.42. The molecule has 1 saturated heterocycles. The number of piperidine rings is 1. The predicted molar refractivity (Wildman–Crippen MR) is 81.2 cm³/mol. The molecule has 0 radical (unpaired) electrons. The molecule has 3 nitrogen and oxygen atoms in total. The van der Waals surface area contributed by atoms with Crippen molar-refractivity contribution in [1.82, 2.24) is 10.2 Å². The zero-order valence-electron chi connectivity index (χ0n) is 13.1. The van der Waals surface area contributed by atoms with Crippen molar-refractivity contribution in [3.05, 3.63) is 0 Å². The first-order chi connectivity index (χ1) is 9.15. The molecule has 1 heterocycles. The number of rotatable bonds is 8. The standard InChI is InChI=1S/C16H32N2O/c1-4-5-6-8-11-14(2)17-15(3)16(19)18-12-9-7-10-13-18/h14-15,17H,4-13H2,1-3H3. The number of unbranched alkanes of at least 4 members (excludes halogenated alkanes) is 3. The van der Waals surface area contributed by atoms with Crippen molar-refractivity contribution < 1.29 is 4.79 Å². The van der Waals surface area contributed by atoms with Gasteiger partial charge >= 0.3 is 0 Å². The summed E-state index contributed by atoms with van der Waals surface area (Å²) < 4.78 is 0. The number of nitrogens with one attached hydrogen (secondary N) is 1. The van der Waals surface area contributed by atoms with Gasteiger partial charge in [-0.1, -0.05) is 32.6 Å². The fourth-order valence-electron chi connectivity index (χ4n) is 2.85. The lowest BCUT2D eigenvalue weighted by molar-refractivity contribution is -0.134. The summed E-state index contributed by atoms with van der Waals surface area (Å²) in [6.07, 6.45) is 10.00. The third-order valence-electron chi connectivity index (χ3n) is 4.06. The first-order valence-corrected chi connectivity index (χ1v) is 8.20. The van der Waals surface area contributed by atoms with Crippen LogP contribution in [0.3, 0.4) is 0 Å². The second kappa shape index (κ2) is 9.35. The van der Waals surface area contributed by atoms with Crippen LogP contribution in [-0.2, 0) is 4.79 Å². The predicted octanol–water partition coefficient (Wildman–Crippen LogP) is 3.34. The summed E-state index contributed by atoms with van der Waals surface area (Å²) in [5.41, 5.74) is 0. The van der Waals surface area contributed by atoms with Crippen molar-refractivity contribution in [1.29, 1.82) is 0 Å². The van der Waals surface area contributed by atoms with E-state index in [0.29, 0.717) is 11.9 Å². The normalized spacial score (nSPS) is 19.2. The number of nitrogens with zero attached hydrogens (tertiary/aromatic N) is 1. The quantitative estimate of drug-likeness (QED) is 0.685. The molecule has 0 aliphatic carbocycles. The molecule has 1 aliphatic heterocycles. The van der Waals surface area contributed by atoms with Crippen LogP contribution in [0, 0.1) is 0 Å². The van der Waals surface area contributed by atoms with Gasteiger partial charge in [0.2, 0.25) is 5.91 Å². The molecule has 2 unspecified atom stereocenters. The van der Waals surface area contributed by atoms with Crippen molar-refractivity contribution >= 4 is 5.91 Å². The highest BCUT2D eigenvalue weighted by Gasteiger charge is 2.22. The zero-order valence-corrected chi connectivity index (χ0v) is 13.1. The van der Waals surface area contributed by atoms with Gasteiger partial charge in [0.15, 0.2) is 0 Å². The Morgan fingerprint density at radius 1 is 1.11 bits per heavy atom. The minimum atomic E-state index is -0.0284. The Hall–Kier alpha value is -0.570. The molecular formula is C16H32N2O. The Balaban J connectivity index is 2.20. The van der Waals surface area contributed by atoms with Gasteiger partial charge in [0.1, 0.15) is 0 Å². The molecule has 1 rings (SSSR count). The second-order valence-corrected chi connectivity index (χ2v) is 6.02. The summed E-state index contributed by atoms with van der Waals surface area (Å²) in [4.78, 5) is 14.3. The Morgan fingerprint density at radius 3 is 2.42 bits per heavy atom.